The lowest BCUT2D eigenvalue weighted by molar-refractivity contribution is -0.391. The number of hydrogen-bond acceptors (Lipinski definition) is 9. The summed E-state index contributed by atoms with van der Waals surface area (Å²) in [5.74, 6) is 0.00438. The Morgan fingerprint density at radius 1 is 1.39 bits per heavy atom. The Morgan fingerprint density at radius 2 is 2.14 bits per heavy atom. The van der Waals surface area contributed by atoms with Gasteiger partial charge in [0.15, 0.2) is 11.3 Å². The first kappa shape index (κ1) is 19.5. The molecule has 3 rings (SSSR count). The zero-order chi connectivity index (χ0) is 20.4. The molecule has 0 aliphatic rings. The van der Waals surface area contributed by atoms with E-state index in [0.717, 1.165) is 6.20 Å². The molecule has 13 heteroatoms. The Bertz CT molecular complexity index is 1050. The number of hydrogen-bond donors (Lipinski definition) is 2. The summed E-state index contributed by atoms with van der Waals surface area (Å²) in [5.41, 5.74) is 0.775. The van der Waals surface area contributed by atoms with Crippen LogP contribution in [0.15, 0.2) is 12.5 Å². The van der Waals surface area contributed by atoms with Gasteiger partial charge in [-0.15, -0.1) is 0 Å². The van der Waals surface area contributed by atoms with E-state index in [9.17, 15) is 20.0 Å². The van der Waals surface area contributed by atoms with Crippen LogP contribution >= 0.6 is 11.8 Å². The van der Waals surface area contributed by atoms with Gasteiger partial charge in [0.25, 0.3) is 0 Å². The molecule has 3 aromatic heterocycles. The molecular weight excluding hydrogens is 388 g/mol. The van der Waals surface area contributed by atoms with Gasteiger partial charge in [0, 0.05) is 7.05 Å². The summed E-state index contributed by atoms with van der Waals surface area (Å²) in [7, 11) is 3.18. The van der Waals surface area contributed by atoms with Crippen molar-refractivity contribution in [1.82, 2.24) is 29.3 Å². The van der Waals surface area contributed by atoms with Crippen LogP contribution in [0.4, 0.5) is 11.6 Å². The van der Waals surface area contributed by atoms with Crippen molar-refractivity contribution in [2.75, 3.05) is 17.3 Å². The van der Waals surface area contributed by atoms with Gasteiger partial charge in [-0.25, -0.2) is 29.0 Å². The summed E-state index contributed by atoms with van der Waals surface area (Å²) >= 11 is 1.54. The maximum atomic E-state index is 11.6. The molecule has 0 fully saturated rings. The molecule has 0 aromatic carbocycles. The summed E-state index contributed by atoms with van der Waals surface area (Å²) in [6.07, 6.45) is 4.75. The number of nitrogens with zero attached hydrogens (tertiary/aromatic N) is 7. The van der Waals surface area contributed by atoms with Gasteiger partial charge in [0.1, 0.15) is 24.4 Å². The number of carboxylic acid groups (broad SMARTS) is 1. The smallest absolute Gasteiger partial charge is 0.342 e. The number of rotatable bonds is 8. The average molecular weight is 406 g/mol. The van der Waals surface area contributed by atoms with Crippen LogP contribution in [-0.4, -0.2) is 63.3 Å². The summed E-state index contributed by atoms with van der Waals surface area (Å²) in [6, 6.07) is -0.852. The molecule has 0 aliphatic heterocycles. The number of carbonyl (C=O) groups is 1. The number of aliphatic carboxylic acids is 1. The molecule has 28 heavy (non-hydrogen) atoms. The highest BCUT2D eigenvalue weighted by atomic mass is 32.2. The third kappa shape index (κ3) is 3.47. The van der Waals surface area contributed by atoms with Crippen molar-refractivity contribution >= 4 is 40.4 Å². The minimum absolute atomic E-state index is 0.191. The molecule has 1 unspecified atom stereocenters. The molecular formula is C15H18N8O4S. The van der Waals surface area contributed by atoms with Crippen molar-refractivity contribution in [2.45, 2.75) is 12.5 Å². The summed E-state index contributed by atoms with van der Waals surface area (Å²) in [6.45, 7) is 0. The Morgan fingerprint density at radius 3 is 2.75 bits per heavy atom. The highest BCUT2D eigenvalue weighted by Gasteiger charge is 2.27. The Balaban J connectivity index is 2.13. The second-order valence-electron chi connectivity index (χ2n) is 5.97. The fourth-order valence-corrected chi connectivity index (χ4v) is 3.27. The van der Waals surface area contributed by atoms with Crippen LogP contribution in [0.3, 0.4) is 0 Å². The normalized spacial score (nSPS) is 12.2. The first-order valence-corrected chi connectivity index (χ1v) is 9.57. The molecule has 0 bridgehead atoms. The molecule has 0 radical (unpaired) electrons. The van der Waals surface area contributed by atoms with E-state index in [0.29, 0.717) is 28.9 Å². The maximum absolute atomic E-state index is 11.6. The summed E-state index contributed by atoms with van der Waals surface area (Å²) < 4.78 is 2.80. The van der Waals surface area contributed by atoms with Crippen molar-refractivity contribution in [3.05, 3.63) is 22.6 Å². The Labute approximate surface area is 163 Å². The van der Waals surface area contributed by atoms with Crippen LogP contribution in [0.1, 0.15) is 6.42 Å². The predicted molar refractivity (Wildman–Crippen MR) is 103 cm³/mol. The van der Waals surface area contributed by atoms with Gasteiger partial charge < -0.3 is 20.5 Å². The number of fused-ring (bicyclic) bond motifs is 1. The molecule has 0 aliphatic carbocycles. The predicted octanol–water partition coefficient (Wildman–Crippen LogP) is 1.29. The van der Waals surface area contributed by atoms with Crippen molar-refractivity contribution in [3.8, 4) is 11.5 Å². The van der Waals surface area contributed by atoms with Gasteiger partial charge in [-0.1, -0.05) is 0 Å². The van der Waals surface area contributed by atoms with E-state index in [2.05, 4.69) is 25.4 Å². The topological polar surface area (TPSA) is 154 Å². The highest BCUT2D eigenvalue weighted by Crippen LogP contribution is 2.32. The molecule has 3 heterocycles. The fraction of sp³-hybridized carbons (Fsp3) is 0.400. The van der Waals surface area contributed by atoms with Gasteiger partial charge in [-0.05, 0) is 23.4 Å². The van der Waals surface area contributed by atoms with Crippen molar-refractivity contribution in [3.63, 3.8) is 0 Å². The lowest BCUT2D eigenvalue weighted by Gasteiger charge is -2.15. The van der Waals surface area contributed by atoms with Crippen LogP contribution in [0.5, 0.6) is 0 Å². The van der Waals surface area contributed by atoms with Gasteiger partial charge in [-0.2, -0.15) is 16.9 Å². The van der Waals surface area contributed by atoms with Crippen LogP contribution in [-0.2, 0) is 18.9 Å². The van der Waals surface area contributed by atoms with Gasteiger partial charge >= 0.3 is 11.8 Å². The van der Waals surface area contributed by atoms with E-state index in [-0.39, 0.29) is 17.5 Å². The SMILES string of the molecule is CSCCC(Nc1ncnc2c1c(-c1ncc([N+](=O)[O-])n1C)nn2C)C(=O)O. The minimum atomic E-state index is -1.00. The minimum Gasteiger partial charge on any atom is -0.480 e. The van der Waals surface area contributed by atoms with E-state index < -0.39 is 16.9 Å². The summed E-state index contributed by atoms with van der Waals surface area (Å²) in [5, 5.41) is 28.4. The number of imidazole rings is 1. The van der Waals surface area contributed by atoms with E-state index in [1.54, 1.807) is 18.8 Å². The number of thioether (sulfide) groups is 1. The molecule has 148 valence electrons. The second kappa shape index (κ2) is 7.80. The number of anilines is 1. The van der Waals surface area contributed by atoms with E-state index in [1.165, 1.54) is 22.6 Å². The molecule has 1 atom stereocenters. The van der Waals surface area contributed by atoms with Crippen LogP contribution in [0.25, 0.3) is 22.6 Å². The van der Waals surface area contributed by atoms with Crippen LogP contribution in [0, 0.1) is 10.1 Å². The van der Waals surface area contributed by atoms with Crippen molar-refractivity contribution < 1.29 is 14.8 Å². The first-order chi connectivity index (χ1) is 13.3. The van der Waals surface area contributed by atoms with E-state index >= 15 is 0 Å². The average Bonchev–Trinajstić information content (AvgIpc) is 3.19. The third-order valence-corrected chi connectivity index (χ3v) is 4.85. The lowest BCUT2D eigenvalue weighted by atomic mass is 10.2. The monoisotopic (exact) mass is 406 g/mol. The van der Waals surface area contributed by atoms with Crippen molar-refractivity contribution in [1.29, 1.82) is 0 Å². The zero-order valence-corrected chi connectivity index (χ0v) is 16.2. The van der Waals surface area contributed by atoms with Crippen LogP contribution < -0.4 is 5.32 Å². The first-order valence-electron chi connectivity index (χ1n) is 8.17. The fourth-order valence-electron chi connectivity index (χ4n) is 2.80. The zero-order valence-electron chi connectivity index (χ0n) is 15.4. The molecule has 3 aromatic rings. The maximum Gasteiger partial charge on any atom is 0.342 e. The molecule has 0 spiro atoms. The third-order valence-electron chi connectivity index (χ3n) is 4.20. The van der Waals surface area contributed by atoms with Gasteiger partial charge in [-0.3, -0.25) is 0 Å². The van der Waals surface area contributed by atoms with Crippen molar-refractivity contribution in [2.24, 2.45) is 14.1 Å². The number of aromatic nitrogens is 6. The second-order valence-corrected chi connectivity index (χ2v) is 6.95. The number of nitrogens with one attached hydrogen (secondary N) is 1. The standard InChI is InChI=1S/C15H18N8O4S/c1-21-9(23(26)27)6-16-14(21)11-10-12(17-7-18-13(10)22(2)20-11)19-8(15(24)25)4-5-28-3/h6-8H,4-5H2,1-3H3,(H,24,25)(H,17,18,19). The number of aryl methyl sites for hydroxylation is 1. The van der Waals surface area contributed by atoms with Gasteiger partial charge in [0.2, 0.25) is 5.82 Å². The Kier molecular flexibility index (Phi) is 5.44. The van der Waals surface area contributed by atoms with E-state index in [4.69, 9.17) is 0 Å². The Hall–Kier alpha value is -3.22. The number of nitro groups is 1. The van der Waals surface area contributed by atoms with Crippen LogP contribution in [0.2, 0.25) is 0 Å². The molecule has 0 saturated heterocycles. The largest absolute Gasteiger partial charge is 0.480 e. The number of carboxylic acids is 1. The molecule has 2 N–H and O–H groups in total. The lowest BCUT2D eigenvalue weighted by Crippen LogP contribution is -2.30. The highest BCUT2D eigenvalue weighted by molar-refractivity contribution is 7.98. The molecule has 0 saturated carbocycles. The van der Waals surface area contributed by atoms with E-state index in [1.807, 2.05) is 6.26 Å². The van der Waals surface area contributed by atoms with Gasteiger partial charge in [0.05, 0.1) is 12.4 Å². The quantitative estimate of drug-likeness (QED) is 0.413. The molecule has 12 nitrogen and oxygen atoms in total. The summed E-state index contributed by atoms with van der Waals surface area (Å²) in [4.78, 5) is 34.7. The molecule has 0 amide bonds.